The van der Waals surface area contributed by atoms with Gasteiger partial charge in [-0.3, -0.25) is 4.79 Å². The number of hydrogen-bond donors (Lipinski definition) is 1. The van der Waals surface area contributed by atoms with Gasteiger partial charge in [-0.05, 0) is 0 Å². The molecule has 0 aromatic carbocycles. The van der Waals surface area contributed by atoms with E-state index < -0.39 is 0 Å². The summed E-state index contributed by atoms with van der Waals surface area (Å²) in [5.74, 6) is 0.886. The number of methoxy groups -OCH3 is 1. The van der Waals surface area contributed by atoms with Crippen LogP contribution in [0.3, 0.4) is 0 Å². The van der Waals surface area contributed by atoms with Gasteiger partial charge in [-0.15, -0.1) is 11.8 Å². The van der Waals surface area contributed by atoms with Crippen LogP contribution < -0.4 is 5.73 Å². The minimum Gasteiger partial charge on any atom is -0.382 e. The van der Waals surface area contributed by atoms with Gasteiger partial charge in [-0.2, -0.15) is 0 Å². The summed E-state index contributed by atoms with van der Waals surface area (Å²) in [6, 6.07) is 0. The Balaban J connectivity index is 2.86. The van der Waals surface area contributed by atoms with Crippen LogP contribution >= 0.6 is 11.8 Å². The van der Waals surface area contributed by atoms with Gasteiger partial charge in [0.25, 0.3) is 0 Å². The molecule has 2 N–H and O–H groups in total. The van der Waals surface area contributed by atoms with Crippen molar-refractivity contribution >= 4 is 17.7 Å². The van der Waals surface area contributed by atoms with E-state index in [0.29, 0.717) is 25.6 Å². The van der Waals surface area contributed by atoms with E-state index in [9.17, 15) is 4.79 Å². The fraction of sp³-hybridized carbons (Fsp3) is 0.857. The molecule has 0 atom stereocenters. The first-order valence-corrected chi connectivity index (χ1v) is 4.85. The lowest BCUT2D eigenvalue weighted by Crippen LogP contribution is -2.14. The zero-order valence-corrected chi connectivity index (χ0v) is 8.06. The van der Waals surface area contributed by atoms with Crippen molar-refractivity contribution in [1.82, 2.24) is 0 Å². The van der Waals surface area contributed by atoms with Crippen molar-refractivity contribution in [2.75, 3.05) is 38.4 Å². The van der Waals surface area contributed by atoms with E-state index in [1.807, 2.05) is 0 Å². The molecule has 5 heteroatoms. The number of amides is 1. The van der Waals surface area contributed by atoms with Crippen molar-refractivity contribution in [3.8, 4) is 0 Å². The Kier molecular flexibility index (Phi) is 8.64. The Morgan fingerprint density at radius 2 is 2.17 bits per heavy atom. The van der Waals surface area contributed by atoms with Crippen molar-refractivity contribution in [3.63, 3.8) is 0 Å². The predicted octanol–water partition coefficient (Wildman–Crippen LogP) is -0.132. The van der Waals surface area contributed by atoms with Crippen LogP contribution in [-0.2, 0) is 14.3 Å². The van der Waals surface area contributed by atoms with E-state index in [2.05, 4.69) is 0 Å². The monoisotopic (exact) mass is 193 g/mol. The van der Waals surface area contributed by atoms with Gasteiger partial charge < -0.3 is 15.2 Å². The molecule has 0 bridgehead atoms. The summed E-state index contributed by atoms with van der Waals surface area (Å²) in [4.78, 5) is 10.3. The SMILES string of the molecule is COCCOCCSCC(N)=O. The van der Waals surface area contributed by atoms with Crippen LogP contribution in [0.4, 0.5) is 0 Å². The third-order valence-electron chi connectivity index (χ3n) is 1.05. The van der Waals surface area contributed by atoms with Gasteiger partial charge in [0.1, 0.15) is 0 Å². The number of rotatable bonds is 8. The van der Waals surface area contributed by atoms with Crippen molar-refractivity contribution in [3.05, 3.63) is 0 Å². The first-order chi connectivity index (χ1) is 5.77. The second-order valence-corrected chi connectivity index (χ2v) is 3.23. The van der Waals surface area contributed by atoms with Crippen molar-refractivity contribution in [1.29, 1.82) is 0 Å². The third kappa shape index (κ3) is 9.74. The molecule has 0 aliphatic carbocycles. The molecular formula is C7H15NO3S. The molecule has 0 fully saturated rings. The first kappa shape index (κ1) is 11.7. The molecule has 1 amide bonds. The first-order valence-electron chi connectivity index (χ1n) is 3.70. The largest absolute Gasteiger partial charge is 0.382 e. The normalized spacial score (nSPS) is 10.1. The lowest BCUT2D eigenvalue weighted by molar-refractivity contribution is -0.115. The lowest BCUT2D eigenvalue weighted by Gasteiger charge is -2.01. The van der Waals surface area contributed by atoms with Gasteiger partial charge in [0.2, 0.25) is 5.91 Å². The highest BCUT2D eigenvalue weighted by atomic mass is 32.2. The van der Waals surface area contributed by atoms with E-state index in [-0.39, 0.29) is 5.91 Å². The number of nitrogens with two attached hydrogens (primary N) is 1. The van der Waals surface area contributed by atoms with Crippen LogP contribution in [0.1, 0.15) is 0 Å². The molecule has 0 saturated heterocycles. The highest BCUT2D eigenvalue weighted by Gasteiger charge is 1.93. The van der Waals surface area contributed by atoms with Crippen LogP contribution in [-0.4, -0.2) is 44.3 Å². The molecule has 0 unspecified atom stereocenters. The molecule has 0 spiro atoms. The Morgan fingerprint density at radius 1 is 1.42 bits per heavy atom. The second-order valence-electron chi connectivity index (χ2n) is 2.12. The maximum absolute atomic E-state index is 10.3. The Hall–Kier alpha value is -0.260. The highest BCUT2D eigenvalue weighted by molar-refractivity contribution is 7.99. The average Bonchev–Trinajstić information content (AvgIpc) is 2.02. The quantitative estimate of drug-likeness (QED) is 0.545. The van der Waals surface area contributed by atoms with Crippen LogP contribution in [0.2, 0.25) is 0 Å². The molecule has 0 aromatic heterocycles. The van der Waals surface area contributed by atoms with Gasteiger partial charge in [0.05, 0.1) is 25.6 Å². The van der Waals surface area contributed by atoms with Crippen LogP contribution in [0.15, 0.2) is 0 Å². The van der Waals surface area contributed by atoms with Crippen LogP contribution in [0, 0.1) is 0 Å². The lowest BCUT2D eigenvalue weighted by atomic mass is 10.7. The molecule has 0 radical (unpaired) electrons. The molecule has 72 valence electrons. The highest BCUT2D eigenvalue weighted by Crippen LogP contribution is 1.97. The molecule has 0 rings (SSSR count). The second kappa shape index (κ2) is 8.83. The Morgan fingerprint density at radius 3 is 2.75 bits per heavy atom. The summed E-state index contributed by atoms with van der Waals surface area (Å²) < 4.78 is 9.94. The van der Waals surface area contributed by atoms with E-state index >= 15 is 0 Å². The minimum atomic E-state index is -0.281. The molecule has 0 aromatic rings. The Labute approximate surface area is 76.8 Å². The van der Waals surface area contributed by atoms with E-state index in [1.54, 1.807) is 7.11 Å². The van der Waals surface area contributed by atoms with E-state index in [1.165, 1.54) is 11.8 Å². The van der Waals surface area contributed by atoms with E-state index in [4.69, 9.17) is 15.2 Å². The summed E-state index contributed by atoms with van der Waals surface area (Å²) in [7, 11) is 1.63. The van der Waals surface area contributed by atoms with Crippen molar-refractivity contribution in [2.45, 2.75) is 0 Å². The zero-order valence-electron chi connectivity index (χ0n) is 7.25. The molecule has 0 aliphatic rings. The number of carbonyl (C=O) groups excluding carboxylic acids is 1. The maximum Gasteiger partial charge on any atom is 0.227 e. The standard InChI is InChI=1S/C7H15NO3S/c1-10-2-3-11-4-5-12-6-7(8)9/h2-6H2,1H3,(H2,8,9). The van der Waals surface area contributed by atoms with Gasteiger partial charge in [-0.25, -0.2) is 0 Å². The molecular weight excluding hydrogens is 178 g/mol. The molecule has 4 nitrogen and oxygen atoms in total. The number of primary amides is 1. The minimum absolute atomic E-state index is 0.281. The molecule has 0 saturated carbocycles. The fourth-order valence-electron chi connectivity index (χ4n) is 0.535. The maximum atomic E-state index is 10.3. The number of ether oxygens (including phenoxy) is 2. The summed E-state index contributed by atoms with van der Waals surface area (Å²) in [5, 5.41) is 0. The number of carbonyl (C=O) groups is 1. The smallest absolute Gasteiger partial charge is 0.227 e. The molecule has 12 heavy (non-hydrogen) atoms. The van der Waals surface area contributed by atoms with Gasteiger partial charge in [-0.1, -0.05) is 0 Å². The summed E-state index contributed by atoms with van der Waals surface area (Å²) in [6.45, 7) is 1.86. The van der Waals surface area contributed by atoms with Crippen LogP contribution in [0.5, 0.6) is 0 Å². The van der Waals surface area contributed by atoms with Crippen molar-refractivity contribution in [2.24, 2.45) is 5.73 Å². The summed E-state index contributed by atoms with van der Waals surface area (Å²) in [6.07, 6.45) is 0. The third-order valence-corrected chi connectivity index (χ3v) is 1.99. The van der Waals surface area contributed by atoms with Gasteiger partial charge in [0.15, 0.2) is 0 Å². The van der Waals surface area contributed by atoms with Crippen molar-refractivity contribution < 1.29 is 14.3 Å². The Bertz CT molecular complexity index is 121. The predicted molar refractivity (Wildman–Crippen MR) is 49.2 cm³/mol. The molecule has 0 heterocycles. The summed E-state index contributed by atoms with van der Waals surface area (Å²) >= 11 is 1.48. The molecule has 0 aliphatic heterocycles. The number of hydrogen-bond acceptors (Lipinski definition) is 4. The fourth-order valence-corrected chi connectivity index (χ4v) is 1.12. The van der Waals surface area contributed by atoms with Gasteiger partial charge in [0, 0.05) is 12.9 Å². The topological polar surface area (TPSA) is 61.6 Å². The average molecular weight is 193 g/mol. The van der Waals surface area contributed by atoms with Gasteiger partial charge >= 0.3 is 0 Å². The number of thioether (sulfide) groups is 1. The van der Waals surface area contributed by atoms with Crippen LogP contribution in [0.25, 0.3) is 0 Å². The van der Waals surface area contributed by atoms with E-state index in [0.717, 1.165) is 5.75 Å². The summed E-state index contributed by atoms with van der Waals surface area (Å²) in [5.41, 5.74) is 4.93. The zero-order chi connectivity index (χ0) is 9.23.